The van der Waals surface area contributed by atoms with Crippen molar-refractivity contribution < 1.29 is 26.8 Å². The molecule has 114 valence electrons. The molecule has 20 heavy (non-hydrogen) atoms. The zero-order chi connectivity index (χ0) is 14.7. The minimum absolute atomic E-state index is 0. The van der Waals surface area contributed by atoms with Gasteiger partial charge in [0.25, 0.3) is 0 Å². The molecular formula is C15H25ClN2O2. The molecule has 0 radical (unpaired) electrons. The van der Waals surface area contributed by atoms with Gasteiger partial charge < -0.3 is 26.9 Å². The monoisotopic (exact) mass is 300 g/mol. The Morgan fingerprint density at radius 1 is 1.25 bits per heavy atom. The number of carbonyl (C=O) groups excluding carboxylic acids is 1. The topological polar surface area (TPSA) is 34.0 Å². The van der Waals surface area contributed by atoms with Crippen molar-refractivity contribution in [2.24, 2.45) is 0 Å². The highest BCUT2D eigenvalue weighted by atomic mass is 35.5. The van der Waals surface area contributed by atoms with Gasteiger partial charge in [-0.05, 0) is 12.8 Å². The highest BCUT2D eigenvalue weighted by Crippen LogP contribution is 2.34. The lowest BCUT2D eigenvalue weighted by Crippen LogP contribution is -3.00. The molecule has 1 aromatic rings. The number of rotatable bonds is 3. The predicted molar refractivity (Wildman–Crippen MR) is 77.4 cm³/mol. The summed E-state index contributed by atoms with van der Waals surface area (Å²) in [4.78, 5) is 14.5. The van der Waals surface area contributed by atoms with Gasteiger partial charge in [-0.2, -0.15) is 0 Å². The van der Waals surface area contributed by atoms with Gasteiger partial charge in [-0.1, -0.05) is 26.0 Å². The third-order valence-electron chi connectivity index (χ3n) is 3.07. The second kappa shape index (κ2) is 7.50. The number of nitrogens with one attached hydrogen (secondary N) is 1. The number of halogens is 1. The van der Waals surface area contributed by atoms with Gasteiger partial charge in [-0.3, -0.25) is 0 Å². The second-order valence-corrected chi connectivity index (χ2v) is 5.59. The van der Waals surface area contributed by atoms with Crippen LogP contribution in [-0.2, 0) is 0 Å². The van der Waals surface area contributed by atoms with Crippen LogP contribution in [0.2, 0.25) is 0 Å². The van der Waals surface area contributed by atoms with Crippen molar-refractivity contribution in [2.75, 3.05) is 28.2 Å². The van der Waals surface area contributed by atoms with E-state index in [-0.39, 0.29) is 18.5 Å². The molecule has 0 saturated carbocycles. The van der Waals surface area contributed by atoms with Gasteiger partial charge in [0, 0.05) is 25.2 Å². The summed E-state index contributed by atoms with van der Waals surface area (Å²) < 4.78 is 5.61. The first-order chi connectivity index (χ1) is 8.75. The zero-order valence-electron chi connectivity index (χ0n) is 13.4. The van der Waals surface area contributed by atoms with E-state index in [1.165, 1.54) is 4.90 Å². The summed E-state index contributed by atoms with van der Waals surface area (Å²) in [7, 11) is 7.46. The van der Waals surface area contributed by atoms with Crippen molar-refractivity contribution in [1.82, 2.24) is 4.90 Å². The fraction of sp³-hybridized carbons (Fsp3) is 0.533. The van der Waals surface area contributed by atoms with E-state index in [0.717, 1.165) is 21.7 Å². The number of hydrogen-bond donors (Lipinski definition) is 1. The lowest BCUT2D eigenvalue weighted by Gasteiger charge is -2.21. The molecule has 0 aromatic heterocycles. The Morgan fingerprint density at radius 2 is 1.80 bits per heavy atom. The number of ether oxygens (including phenoxy) is 1. The van der Waals surface area contributed by atoms with Crippen LogP contribution in [0.15, 0.2) is 12.1 Å². The predicted octanol–water partition coefficient (Wildman–Crippen LogP) is -1.04. The lowest BCUT2D eigenvalue weighted by atomic mass is 9.98. The van der Waals surface area contributed by atoms with E-state index in [0.29, 0.717) is 11.7 Å². The van der Waals surface area contributed by atoms with Crippen LogP contribution in [0.1, 0.15) is 30.9 Å². The average molecular weight is 301 g/mol. The van der Waals surface area contributed by atoms with E-state index < -0.39 is 0 Å². The number of hydrogen-bond acceptors (Lipinski definition) is 2. The largest absolute Gasteiger partial charge is 1.00 e. The molecule has 0 aliphatic heterocycles. The van der Waals surface area contributed by atoms with Crippen molar-refractivity contribution in [1.29, 1.82) is 0 Å². The highest BCUT2D eigenvalue weighted by Gasteiger charge is 2.23. The summed E-state index contributed by atoms with van der Waals surface area (Å²) >= 11 is 0. The minimum atomic E-state index is -0.338. The molecule has 5 heteroatoms. The number of aryl methyl sites for hydroxylation is 1. The zero-order valence-corrected chi connectivity index (χ0v) is 14.1. The summed E-state index contributed by atoms with van der Waals surface area (Å²) in [5, 5.41) is 0. The number of nitrogens with zero attached hydrogens (tertiary/aromatic N) is 1. The first-order valence-electron chi connectivity index (χ1n) is 6.58. The maximum atomic E-state index is 11.9. The molecule has 1 aromatic carbocycles. The molecule has 1 rings (SSSR count). The van der Waals surface area contributed by atoms with Crippen LogP contribution in [0.4, 0.5) is 10.5 Å². The van der Waals surface area contributed by atoms with Crippen LogP contribution in [0, 0.1) is 6.92 Å². The van der Waals surface area contributed by atoms with Crippen LogP contribution in [0.3, 0.4) is 0 Å². The Kier molecular flexibility index (Phi) is 7.03. The molecular weight excluding hydrogens is 276 g/mol. The van der Waals surface area contributed by atoms with Gasteiger partial charge in [0.2, 0.25) is 0 Å². The van der Waals surface area contributed by atoms with Gasteiger partial charge in [-0.15, -0.1) is 0 Å². The molecule has 0 unspecified atom stereocenters. The highest BCUT2D eigenvalue weighted by molar-refractivity contribution is 5.73. The summed E-state index contributed by atoms with van der Waals surface area (Å²) in [5.74, 6) is 1.01. The van der Waals surface area contributed by atoms with Crippen LogP contribution in [0.25, 0.3) is 0 Å². The van der Waals surface area contributed by atoms with Crippen LogP contribution in [0.5, 0.6) is 5.75 Å². The van der Waals surface area contributed by atoms with Gasteiger partial charge in [0.15, 0.2) is 11.4 Å². The van der Waals surface area contributed by atoms with Crippen LogP contribution in [-0.4, -0.2) is 39.2 Å². The maximum Gasteiger partial charge on any atom is 0.414 e. The van der Waals surface area contributed by atoms with Gasteiger partial charge >= 0.3 is 6.09 Å². The molecule has 1 N–H and O–H groups in total. The first-order valence-corrected chi connectivity index (χ1v) is 6.58. The van der Waals surface area contributed by atoms with Gasteiger partial charge in [0.05, 0.1) is 14.1 Å². The molecule has 0 aliphatic rings. The Hall–Kier alpha value is -1.26. The van der Waals surface area contributed by atoms with Crippen molar-refractivity contribution in [3.63, 3.8) is 0 Å². The molecule has 1 amide bonds. The number of amides is 1. The maximum absolute atomic E-state index is 11.9. The second-order valence-electron chi connectivity index (χ2n) is 5.59. The first kappa shape index (κ1) is 18.7. The number of quaternary nitrogens is 1. The smallest absolute Gasteiger partial charge is 0.414 e. The standard InChI is InChI=1S/C15H24N2O2.ClH/c1-10(2)12-9-8-11(3)13(16(4)5)14(12)19-15(18)17(6)7;/h8-10H,1-7H3;1H. The quantitative estimate of drug-likeness (QED) is 0.774. The summed E-state index contributed by atoms with van der Waals surface area (Å²) in [5.41, 5.74) is 3.24. The van der Waals surface area contributed by atoms with E-state index in [9.17, 15) is 4.79 Å². The molecule has 0 saturated heterocycles. The fourth-order valence-electron chi connectivity index (χ4n) is 2.06. The summed E-state index contributed by atoms with van der Waals surface area (Å²) in [6.45, 7) is 6.25. The van der Waals surface area contributed by atoms with Gasteiger partial charge in [-0.25, -0.2) is 4.79 Å². The Labute approximate surface area is 128 Å². The van der Waals surface area contributed by atoms with Crippen molar-refractivity contribution in [2.45, 2.75) is 26.7 Å². The van der Waals surface area contributed by atoms with E-state index in [1.807, 2.05) is 27.1 Å². The van der Waals surface area contributed by atoms with Crippen molar-refractivity contribution in [3.8, 4) is 5.75 Å². The van der Waals surface area contributed by atoms with Crippen LogP contribution < -0.4 is 22.0 Å². The number of carbonyl (C=O) groups is 1. The fourth-order valence-corrected chi connectivity index (χ4v) is 2.06. The SMILES string of the molecule is Cc1ccc(C(C)C)c(OC(=O)N(C)C)c1[NH+](C)C.[Cl-]. The number of benzene rings is 1. The Balaban J connectivity index is 0.00000361. The Bertz CT molecular complexity index is 471. The molecule has 0 heterocycles. The molecule has 0 fully saturated rings. The third kappa shape index (κ3) is 4.12. The molecule has 4 nitrogen and oxygen atoms in total. The summed E-state index contributed by atoms with van der Waals surface area (Å²) in [6, 6.07) is 4.13. The van der Waals surface area contributed by atoms with Gasteiger partial charge in [0.1, 0.15) is 0 Å². The molecule has 0 bridgehead atoms. The average Bonchev–Trinajstić information content (AvgIpc) is 2.27. The third-order valence-corrected chi connectivity index (χ3v) is 3.07. The van der Waals surface area contributed by atoms with E-state index >= 15 is 0 Å². The van der Waals surface area contributed by atoms with E-state index in [4.69, 9.17) is 4.74 Å². The Morgan fingerprint density at radius 3 is 2.20 bits per heavy atom. The minimum Gasteiger partial charge on any atom is -1.00 e. The molecule has 0 atom stereocenters. The lowest BCUT2D eigenvalue weighted by molar-refractivity contribution is -0.786. The molecule has 0 aliphatic carbocycles. The van der Waals surface area contributed by atoms with Crippen molar-refractivity contribution in [3.05, 3.63) is 23.3 Å². The van der Waals surface area contributed by atoms with Crippen molar-refractivity contribution >= 4 is 11.8 Å². The molecule has 0 spiro atoms. The van der Waals surface area contributed by atoms with Crippen LogP contribution >= 0.6 is 0 Å². The van der Waals surface area contributed by atoms with E-state index in [1.54, 1.807) is 14.1 Å². The summed E-state index contributed by atoms with van der Waals surface area (Å²) in [6.07, 6.45) is -0.338. The van der Waals surface area contributed by atoms with E-state index in [2.05, 4.69) is 19.9 Å². The normalized spacial score (nSPS) is 10.4.